The van der Waals surface area contributed by atoms with Crippen LogP contribution in [0.2, 0.25) is 0 Å². The minimum Gasteiger partial charge on any atom is -0.378 e. The second kappa shape index (κ2) is 6.55. The topological polar surface area (TPSA) is 83.1 Å². The first-order chi connectivity index (χ1) is 11.8. The summed E-state index contributed by atoms with van der Waals surface area (Å²) in [6.07, 6.45) is 3.81. The summed E-state index contributed by atoms with van der Waals surface area (Å²) in [4.78, 5) is 13.5. The Hall–Kier alpha value is -2.50. The summed E-state index contributed by atoms with van der Waals surface area (Å²) >= 11 is 0. The molecule has 124 valence electrons. The molecule has 0 atom stereocenters. The number of nitrogens with zero attached hydrogens (tertiary/aromatic N) is 7. The molecule has 4 rings (SSSR count). The molecule has 2 aromatic rings. The minimum atomic E-state index is 0.491. The summed E-state index contributed by atoms with van der Waals surface area (Å²) in [5.41, 5.74) is 2.68. The summed E-state index contributed by atoms with van der Waals surface area (Å²) in [5, 5.41) is 13.2. The lowest BCUT2D eigenvalue weighted by atomic mass is 10.2. The van der Waals surface area contributed by atoms with Crippen molar-refractivity contribution in [1.82, 2.24) is 24.6 Å². The van der Waals surface area contributed by atoms with Gasteiger partial charge in [-0.25, -0.2) is 9.97 Å². The SMILES string of the molecule is N#Cc1cc2n(n1)CCN(Cc1cnc(N3CCOCC3)nc1)C2. The summed E-state index contributed by atoms with van der Waals surface area (Å²) in [6.45, 7) is 6.47. The van der Waals surface area contributed by atoms with Crippen molar-refractivity contribution in [3.8, 4) is 6.07 Å². The van der Waals surface area contributed by atoms with Crippen molar-refractivity contribution in [2.24, 2.45) is 0 Å². The molecule has 0 radical (unpaired) electrons. The standard InChI is InChI=1S/C16H19N7O/c17-8-14-7-15-12-21(1-2-23(15)20-14)11-13-9-18-16(19-10-13)22-3-5-24-6-4-22/h7,9-10H,1-6,11-12H2. The van der Waals surface area contributed by atoms with E-state index in [2.05, 4.69) is 30.9 Å². The highest BCUT2D eigenvalue weighted by atomic mass is 16.5. The van der Waals surface area contributed by atoms with Gasteiger partial charge in [0.2, 0.25) is 5.95 Å². The highest BCUT2D eigenvalue weighted by Gasteiger charge is 2.19. The molecule has 0 aliphatic carbocycles. The van der Waals surface area contributed by atoms with Gasteiger partial charge in [-0.15, -0.1) is 0 Å². The van der Waals surface area contributed by atoms with Gasteiger partial charge in [0.15, 0.2) is 5.69 Å². The molecular formula is C16H19N7O. The average Bonchev–Trinajstić information content (AvgIpc) is 3.06. The Labute approximate surface area is 140 Å². The molecule has 0 N–H and O–H groups in total. The molecule has 0 aromatic carbocycles. The second-order valence-corrected chi connectivity index (χ2v) is 6.06. The fourth-order valence-electron chi connectivity index (χ4n) is 3.12. The van der Waals surface area contributed by atoms with Crippen LogP contribution in [-0.2, 0) is 24.4 Å². The third kappa shape index (κ3) is 3.09. The predicted molar refractivity (Wildman–Crippen MR) is 86.1 cm³/mol. The van der Waals surface area contributed by atoms with Crippen molar-refractivity contribution in [3.05, 3.63) is 35.4 Å². The molecule has 2 aromatic heterocycles. The molecule has 0 bridgehead atoms. The lowest BCUT2D eigenvalue weighted by Gasteiger charge is -2.28. The lowest BCUT2D eigenvalue weighted by molar-refractivity contribution is 0.122. The summed E-state index contributed by atoms with van der Waals surface area (Å²) < 4.78 is 7.28. The van der Waals surface area contributed by atoms with Gasteiger partial charge in [-0.1, -0.05) is 0 Å². The molecule has 4 heterocycles. The first kappa shape index (κ1) is 15.1. The molecule has 0 unspecified atom stereocenters. The number of fused-ring (bicyclic) bond motifs is 1. The number of ether oxygens (including phenoxy) is 1. The van der Waals surface area contributed by atoms with E-state index >= 15 is 0 Å². The molecule has 1 saturated heterocycles. The third-order valence-corrected chi connectivity index (χ3v) is 4.38. The number of hydrogen-bond donors (Lipinski definition) is 0. The highest BCUT2D eigenvalue weighted by molar-refractivity contribution is 5.30. The van der Waals surface area contributed by atoms with Gasteiger partial charge in [-0.3, -0.25) is 9.58 Å². The van der Waals surface area contributed by atoms with Crippen LogP contribution in [0.4, 0.5) is 5.95 Å². The Morgan fingerprint density at radius 2 is 1.92 bits per heavy atom. The van der Waals surface area contributed by atoms with Gasteiger partial charge in [-0.05, 0) is 6.07 Å². The van der Waals surface area contributed by atoms with Gasteiger partial charge < -0.3 is 9.64 Å². The number of anilines is 1. The van der Waals surface area contributed by atoms with Crippen LogP contribution in [0.3, 0.4) is 0 Å². The smallest absolute Gasteiger partial charge is 0.225 e. The van der Waals surface area contributed by atoms with E-state index in [1.54, 1.807) is 0 Å². The van der Waals surface area contributed by atoms with Gasteiger partial charge in [0.05, 0.1) is 25.5 Å². The van der Waals surface area contributed by atoms with E-state index < -0.39 is 0 Å². The minimum absolute atomic E-state index is 0.491. The maximum atomic E-state index is 8.95. The maximum absolute atomic E-state index is 8.95. The van der Waals surface area contributed by atoms with Crippen LogP contribution in [-0.4, -0.2) is 57.5 Å². The monoisotopic (exact) mass is 325 g/mol. The lowest BCUT2D eigenvalue weighted by Crippen LogP contribution is -2.37. The molecule has 8 heteroatoms. The van der Waals surface area contributed by atoms with Gasteiger partial charge in [0.25, 0.3) is 0 Å². The van der Waals surface area contributed by atoms with E-state index in [4.69, 9.17) is 10.00 Å². The number of hydrogen-bond acceptors (Lipinski definition) is 7. The van der Waals surface area contributed by atoms with Crippen molar-refractivity contribution in [3.63, 3.8) is 0 Å². The highest BCUT2D eigenvalue weighted by Crippen LogP contribution is 2.16. The van der Waals surface area contributed by atoms with E-state index in [-0.39, 0.29) is 0 Å². The van der Waals surface area contributed by atoms with Crippen molar-refractivity contribution < 1.29 is 4.74 Å². The van der Waals surface area contributed by atoms with Crippen LogP contribution in [0.25, 0.3) is 0 Å². The Balaban J connectivity index is 1.40. The number of nitriles is 1. The zero-order chi connectivity index (χ0) is 16.4. The second-order valence-electron chi connectivity index (χ2n) is 6.06. The summed E-state index contributed by atoms with van der Waals surface area (Å²) in [5.74, 6) is 0.775. The van der Waals surface area contributed by atoms with E-state index in [9.17, 15) is 0 Å². The molecule has 0 amide bonds. The van der Waals surface area contributed by atoms with Crippen LogP contribution < -0.4 is 4.90 Å². The van der Waals surface area contributed by atoms with Crippen LogP contribution in [0.5, 0.6) is 0 Å². The van der Waals surface area contributed by atoms with Crippen molar-refractivity contribution >= 4 is 5.95 Å². The van der Waals surface area contributed by atoms with Crippen LogP contribution in [0.15, 0.2) is 18.5 Å². The Bertz CT molecular complexity index is 743. The van der Waals surface area contributed by atoms with Gasteiger partial charge >= 0.3 is 0 Å². The van der Waals surface area contributed by atoms with Crippen molar-refractivity contribution in [2.45, 2.75) is 19.6 Å². The molecule has 0 spiro atoms. The van der Waals surface area contributed by atoms with Crippen molar-refractivity contribution in [1.29, 1.82) is 5.26 Å². The molecule has 8 nitrogen and oxygen atoms in total. The van der Waals surface area contributed by atoms with E-state index in [1.807, 2.05) is 23.1 Å². The summed E-state index contributed by atoms with van der Waals surface area (Å²) in [7, 11) is 0. The largest absolute Gasteiger partial charge is 0.378 e. The Kier molecular flexibility index (Phi) is 4.11. The van der Waals surface area contributed by atoms with E-state index in [0.717, 1.165) is 69.7 Å². The molecule has 0 saturated carbocycles. The zero-order valence-electron chi connectivity index (χ0n) is 13.4. The predicted octanol–water partition coefficient (Wildman–Crippen LogP) is 0.397. The maximum Gasteiger partial charge on any atom is 0.225 e. The molecular weight excluding hydrogens is 306 g/mol. The Morgan fingerprint density at radius 1 is 1.12 bits per heavy atom. The van der Waals surface area contributed by atoms with Crippen molar-refractivity contribution in [2.75, 3.05) is 37.7 Å². The van der Waals surface area contributed by atoms with Crippen LogP contribution >= 0.6 is 0 Å². The molecule has 2 aliphatic heterocycles. The zero-order valence-corrected chi connectivity index (χ0v) is 13.4. The van der Waals surface area contributed by atoms with Gasteiger partial charge in [-0.2, -0.15) is 10.4 Å². The van der Waals surface area contributed by atoms with Crippen LogP contribution in [0, 0.1) is 11.3 Å². The normalized spacial score (nSPS) is 18.2. The molecule has 2 aliphatic rings. The first-order valence-electron chi connectivity index (χ1n) is 8.14. The van der Waals surface area contributed by atoms with E-state index in [0.29, 0.717) is 5.69 Å². The molecule has 24 heavy (non-hydrogen) atoms. The van der Waals surface area contributed by atoms with E-state index in [1.165, 1.54) is 0 Å². The van der Waals surface area contributed by atoms with Gasteiger partial charge in [0.1, 0.15) is 6.07 Å². The number of rotatable bonds is 3. The van der Waals surface area contributed by atoms with Gasteiger partial charge in [0, 0.05) is 50.7 Å². The van der Waals surface area contributed by atoms with Crippen LogP contribution in [0.1, 0.15) is 17.0 Å². The fourth-order valence-corrected chi connectivity index (χ4v) is 3.12. The summed E-state index contributed by atoms with van der Waals surface area (Å²) in [6, 6.07) is 3.97. The fraction of sp³-hybridized carbons (Fsp3) is 0.500. The number of aromatic nitrogens is 4. The quantitative estimate of drug-likeness (QED) is 0.807. The average molecular weight is 325 g/mol. The molecule has 1 fully saturated rings. The number of morpholine rings is 1. The third-order valence-electron chi connectivity index (χ3n) is 4.38. The first-order valence-corrected chi connectivity index (χ1v) is 8.14. The Morgan fingerprint density at radius 3 is 2.67 bits per heavy atom.